The molecule has 0 atom stereocenters. The summed E-state index contributed by atoms with van der Waals surface area (Å²) in [5, 5.41) is 11.5. The molecule has 2 aromatic rings. The fraction of sp³-hybridized carbons (Fsp3) is 0.0667. The molecular formula is C15H11BrClNO4. The third-order valence-electron chi connectivity index (χ3n) is 2.67. The lowest BCUT2D eigenvalue weighted by molar-refractivity contribution is -0.118. The Labute approximate surface area is 140 Å². The van der Waals surface area contributed by atoms with Gasteiger partial charge in [-0.25, -0.2) is 4.79 Å². The summed E-state index contributed by atoms with van der Waals surface area (Å²) in [4.78, 5) is 22.6. The third kappa shape index (κ3) is 4.47. The first-order chi connectivity index (χ1) is 10.5. The van der Waals surface area contributed by atoms with Crippen LogP contribution in [0.2, 0.25) is 5.02 Å². The molecule has 0 unspecified atom stereocenters. The lowest BCUT2D eigenvalue weighted by atomic mass is 10.2. The molecule has 0 aliphatic rings. The molecule has 22 heavy (non-hydrogen) atoms. The molecule has 2 N–H and O–H groups in total. The van der Waals surface area contributed by atoms with Crippen LogP contribution in [0.25, 0.3) is 0 Å². The molecule has 7 heteroatoms. The van der Waals surface area contributed by atoms with Gasteiger partial charge in [-0.1, -0.05) is 27.5 Å². The van der Waals surface area contributed by atoms with E-state index in [1.165, 1.54) is 18.2 Å². The maximum absolute atomic E-state index is 11.8. The Kier molecular flexibility index (Phi) is 5.41. The lowest BCUT2D eigenvalue weighted by Gasteiger charge is -2.08. The Hall–Kier alpha value is -2.05. The topological polar surface area (TPSA) is 75.6 Å². The van der Waals surface area contributed by atoms with Crippen LogP contribution in [0.5, 0.6) is 5.75 Å². The summed E-state index contributed by atoms with van der Waals surface area (Å²) >= 11 is 9.13. The fourth-order valence-corrected chi connectivity index (χ4v) is 2.17. The minimum atomic E-state index is -1.12. The van der Waals surface area contributed by atoms with Crippen molar-refractivity contribution in [1.82, 2.24) is 0 Å². The van der Waals surface area contributed by atoms with E-state index in [4.69, 9.17) is 21.4 Å². The van der Waals surface area contributed by atoms with Crippen LogP contribution in [0.15, 0.2) is 46.9 Å². The number of carboxylic acids is 1. The molecule has 0 saturated heterocycles. The normalized spacial score (nSPS) is 10.1. The van der Waals surface area contributed by atoms with Crippen LogP contribution in [-0.2, 0) is 4.79 Å². The molecule has 0 heterocycles. The number of anilines is 1. The monoisotopic (exact) mass is 383 g/mol. The number of ether oxygens (including phenoxy) is 1. The van der Waals surface area contributed by atoms with Crippen molar-refractivity contribution < 1.29 is 19.4 Å². The first-order valence-electron chi connectivity index (χ1n) is 6.17. The van der Waals surface area contributed by atoms with E-state index in [1.54, 1.807) is 24.3 Å². The first-order valence-corrected chi connectivity index (χ1v) is 7.34. The lowest BCUT2D eigenvalue weighted by Crippen LogP contribution is -2.20. The second-order valence-corrected chi connectivity index (χ2v) is 5.61. The van der Waals surface area contributed by atoms with Gasteiger partial charge in [0.1, 0.15) is 5.75 Å². The Morgan fingerprint density at radius 1 is 1.18 bits per heavy atom. The Bertz CT molecular complexity index is 703. The number of aromatic carboxylic acids is 1. The van der Waals surface area contributed by atoms with Crippen molar-refractivity contribution in [3.8, 4) is 5.75 Å². The third-order valence-corrected chi connectivity index (χ3v) is 3.51. The predicted octanol–water partition coefficient (Wildman–Crippen LogP) is 3.82. The Morgan fingerprint density at radius 2 is 1.86 bits per heavy atom. The Balaban J connectivity index is 1.93. The van der Waals surface area contributed by atoms with Gasteiger partial charge < -0.3 is 15.2 Å². The van der Waals surface area contributed by atoms with Gasteiger partial charge in [0.05, 0.1) is 10.6 Å². The summed E-state index contributed by atoms with van der Waals surface area (Å²) in [6.07, 6.45) is 0. The zero-order chi connectivity index (χ0) is 16.1. The molecular weight excluding hydrogens is 374 g/mol. The van der Waals surface area contributed by atoms with Gasteiger partial charge in [-0.15, -0.1) is 0 Å². The van der Waals surface area contributed by atoms with Gasteiger partial charge in [-0.05, 0) is 42.5 Å². The van der Waals surface area contributed by atoms with E-state index in [-0.39, 0.29) is 23.1 Å². The highest BCUT2D eigenvalue weighted by molar-refractivity contribution is 9.10. The van der Waals surface area contributed by atoms with Gasteiger partial charge in [0.25, 0.3) is 5.91 Å². The van der Waals surface area contributed by atoms with E-state index in [1.807, 2.05) is 0 Å². The summed E-state index contributed by atoms with van der Waals surface area (Å²) in [5.74, 6) is -0.930. The maximum atomic E-state index is 11.8. The summed E-state index contributed by atoms with van der Waals surface area (Å²) in [6.45, 7) is -0.167. The van der Waals surface area contributed by atoms with E-state index in [0.29, 0.717) is 11.4 Å². The number of carbonyl (C=O) groups excluding carboxylic acids is 1. The zero-order valence-corrected chi connectivity index (χ0v) is 13.5. The number of carboxylic acid groups (broad SMARTS) is 1. The van der Waals surface area contributed by atoms with E-state index in [2.05, 4.69) is 21.2 Å². The predicted molar refractivity (Wildman–Crippen MR) is 86.7 cm³/mol. The minimum absolute atomic E-state index is 0.0224. The maximum Gasteiger partial charge on any atom is 0.337 e. The molecule has 0 fully saturated rings. The number of hydrogen-bond acceptors (Lipinski definition) is 3. The fourth-order valence-electron chi connectivity index (χ4n) is 1.64. The number of carbonyl (C=O) groups is 2. The standard InChI is InChI=1S/C15H11BrClNO4/c16-9-1-4-11(5-2-9)22-8-14(19)18-10-3-6-12(15(20)21)13(17)7-10/h1-7H,8H2,(H,18,19)(H,20,21). The number of amides is 1. The molecule has 2 rings (SSSR count). The number of halogens is 2. The van der Waals surface area contributed by atoms with Gasteiger partial charge >= 0.3 is 5.97 Å². The molecule has 0 aromatic heterocycles. The van der Waals surface area contributed by atoms with E-state index < -0.39 is 5.97 Å². The van der Waals surface area contributed by atoms with Crippen molar-refractivity contribution in [3.05, 3.63) is 57.5 Å². The van der Waals surface area contributed by atoms with Gasteiger partial charge in [0.15, 0.2) is 6.61 Å². The summed E-state index contributed by atoms with van der Waals surface area (Å²) in [5.41, 5.74) is 0.380. The molecule has 0 radical (unpaired) electrons. The van der Waals surface area contributed by atoms with Gasteiger partial charge in [-0.3, -0.25) is 4.79 Å². The minimum Gasteiger partial charge on any atom is -0.484 e. The summed E-state index contributed by atoms with van der Waals surface area (Å²) in [7, 11) is 0. The van der Waals surface area contributed by atoms with Crippen molar-refractivity contribution in [1.29, 1.82) is 0 Å². The number of nitrogens with one attached hydrogen (secondary N) is 1. The average molecular weight is 385 g/mol. The Morgan fingerprint density at radius 3 is 2.45 bits per heavy atom. The largest absolute Gasteiger partial charge is 0.484 e. The van der Waals surface area contributed by atoms with Crippen LogP contribution in [0.3, 0.4) is 0 Å². The van der Waals surface area contributed by atoms with Crippen LogP contribution >= 0.6 is 27.5 Å². The van der Waals surface area contributed by atoms with Crippen LogP contribution in [0.4, 0.5) is 5.69 Å². The highest BCUT2D eigenvalue weighted by Gasteiger charge is 2.10. The smallest absolute Gasteiger partial charge is 0.337 e. The van der Waals surface area contributed by atoms with Crippen molar-refractivity contribution in [2.24, 2.45) is 0 Å². The van der Waals surface area contributed by atoms with Gasteiger partial charge in [-0.2, -0.15) is 0 Å². The van der Waals surface area contributed by atoms with Crippen molar-refractivity contribution in [3.63, 3.8) is 0 Å². The first kappa shape index (κ1) is 16.3. The number of benzene rings is 2. The summed E-state index contributed by atoms with van der Waals surface area (Å²) in [6, 6.07) is 11.2. The highest BCUT2D eigenvalue weighted by Crippen LogP contribution is 2.21. The molecule has 1 amide bonds. The highest BCUT2D eigenvalue weighted by atomic mass is 79.9. The van der Waals surface area contributed by atoms with Gasteiger partial charge in [0, 0.05) is 10.2 Å². The molecule has 0 aliphatic carbocycles. The average Bonchev–Trinajstić information content (AvgIpc) is 2.46. The van der Waals surface area contributed by atoms with Crippen LogP contribution in [0, 0.1) is 0 Å². The second kappa shape index (κ2) is 7.29. The van der Waals surface area contributed by atoms with Crippen LogP contribution in [-0.4, -0.2) is 23.6 Å². The van der Waals surface area contributed by atoms with Crippen molar-refractivity contribution >= 4 is 45.1 Å². The van der Waals surface area contributed by atoms with E-state index in [9.17, 15) is 9.59 Å². The zero-order valence-electron chi connectivity index (χ0n) is 11.2. The molecule has 5 nitrogen and oxygen atoms in total. The van der Waals surface area contributed by atoms with E-state index in [0.717, 1.165) is 4.47 Å². The van der Waals surface area contributed by atoms with Crippen LogP contribution < -0.4 is 10.1 Å². The SMILES string of the molecule is O=C(COc1ccc(Br)cc1)Nc1ccc(C(=O)O)c(Cl)c1. The quantitative estimate of drug-likeness (QED) is 0.822. The number of rotatable bonds is 5. The molecule has 2 aromatic carbocycles. The van der Waals surface area contributed by atoms with Crippen LogP contribution in [0.1, 0.15) is 10.4 Å². The molecule has 0 saturated carbocycles. The molecule has 0 bridgehead atoms. The number of hydrogen-bond donors (Lipinski definition) is 2. The van der Waals surface area contributed by atoms with Gasteiger partial charge in [0.2, 0.25) is 0 Å². The van der Waals surface area contributed by atoms with Crippen molar-refractivity contribution in [2.75, 3.05) is 11.9 Å². The summed E-state index contributed by atoms with van der Waals surface area (Å²) < 4.78 is 6.24. The van der Waals surface area contributed by atoms with E-state index >= 15 is 0 Å². The molecule has 114 valence electrons. The molecule has 0 spiro atoms. The molecule has 0 aliphatic heterocycles. The van der Waals surface area contributed by atoms with Crippen molar-refractivity contribution in [2.45, 2.75) is 0 Å². The second-order valence-electron chi connectivity index (χ2n) is 4.29.